The van der Waals surface area contributed by atoms with Gasteiger partial charge in [-0.05, 0) is 47.9 Å². The third-order valence-corrected chi connectivity index (χ3v) is 7.59. The van der Waals surface area contributed by atoms with Gasteiger partial charge in [-0.1, -0.05) is 48.5 Å². The summed E-state index contributed by atoms with van der Waals surface area (Å²) in [5.41, 5.74) is 3.02. The van der Waals surface area contributed by atoms with Gasteiger partial charge in [0.15, 0.2) is 9.84 Å². The van der Waals surface area contributed by atoms with Gasteiger partial charge >= 0.3 is 5.97 Å². The fraction of sp³-hybridized carbons (Fsp3) is 0.120. The first-order valence-corrected chi connectivity index (χ1v) is 11.5. The standard InChI is InChI=1S/C25H20N2O4S/c1-17-21(14-23(28)29)22-13-12-18(15-26)16-27(22)24(17)25(19-8-4-2-5-9-19)32(30,31)20-10-6-3-7-11-20/h2-13,16,25H,14H2,1H3,(H,28,29). The third kappa shape index (κ3) is 3.66. The Labute approximate surface area is 185 Å². The lowest BCUT2D eigenvalue weighted by Crippen LogP contribution is -2.18. The Kier molecular flexibility index (Phi) is 5.56. The van der Waals surface area contributed by atoms with E-state index in [0.717, 1.165) is 0 Å². The minimum atomic E-state index is -3.91. The molecule has 0 saturated carbocycles. The summed E-state index contributed by atoms with van der Waals surface area (Å²) in [6.07, 6.45) is 1.31. The summed E-state index contributed by atoms with van der Waals surface area (Å²) in [5, 5.41) is 17.8. The van der Waals surface area contributed by atoms with E-state index in [1.807, 2.05) is 6.07 Å². The van der Waals surface area contributed by atoms with E-state index in [2.05, 4.69) is 6.07 Å². The van der Waals surface area contributed by atoms with Crippen LogP contribution >= 0.6 is 0 Å². The predicted molar refractivity (Wildman–Crippen MR) is 120 cm³/mol. The molecule has 4 rings (SSSR count). The zero-order chi connectivity index (χ0) is 22.9. The molecule has 0 aliphatic carbocycles. The van der Waals surface area contributed by atoms with Crippen molar-refractivity contribution < 1.29 is 18.3 Å². The molecule has 1 atom stereocenters. The minimum absolute atomic E-state index is 0.166. The maximum absolute atomic E-state index is 13.9. The SMILES string of the molecule is Cc1c(CC(=O)O)c2ccc(C#N)cn2c1C(c1ccccc1)S(=O)(=O)c1ccccc1. The summed E-state index contributed by atoms with van der Waals surface area (Å²) >= 11 is 0. The molecule has 0 fully saturated rings. The predicted octanol–water partition coefficient (Wildman–Crippen LogP) is 4.31. The highest BCUT2D eigenvalue weighted by Crippen LogP contribution is 2.39. The molecule has 0 radical (unpaired) electrons. The van der Waals surface area contributed by atoms with Crippen LogP contribution in [0.25, 0.3) is 5.52 Å². The van der Waals surface area contributed by atoms with Gasteiger partial charge < -0.3 is 9.51 Å². The number of benzene rings is 2. The molecule has 7 heteroatoms. The van der Waals surface area contributed by atoms with E-state index < -0.39 is 21.1 Å². The number of pyridine rings is 1. The highest BCUT2D eigenvalue weighted by Gasteiger charge is 2.35. The number of carboxylic acid groups (broad SMARTS) is 1. The quantitative estimate of drug-likeness (QED) is 0.478. The van der Waals surface area contributed by atoms with Crippen LogP contribution in [0.3, 0.4) is 0 Å². The van der Waals surface area contributed by atoms with Gasteiger partial charge in [0.05, 0.1) is 16.9 Å². The van der Waals surface area contributed by atoms with Crippen molar-refractivity contribution in [3.63, 3.8) is 0 Å². The average molecular weight is 445 g/mol. The number of nitrogens with zero attached hydrogens (tertiary/aromatic N) is 2. The first kappa shape index (κ1) is 21.3. The van der Waals surface area contributed by atoms with Crippen LogP contribution < -0.4 is 0 Å². The van der Waals surface area contributed by atoms with E-state index in [9.17, 15) is 23.6 Å². The van der Waals surface area contributed by atoms with E-state index in [0.29, 0.717) is 33.5 Å². The molecule has 2 aromatic heterocycles. The molecule has 2 heterocycles. The summed E-state index contributed by atoms with van der Waals surface area (Å²) in [5.74, 6) is -1.02. The van der Waals surface area contributed by atoms with Gasteiger partial charge in [-0.25, -0.2) is 8.42 Å². The van der Waals surface area contributed by atoms with Gasteiger partial charge in [0, 0.05) is 17.4 Å². The molecular weight excluding hydrogens is 424 g/mol. The van der Waals surface area contributed by atoms with Crippen molar-refractivity contribution in [1.82, 2.24) is 4.40 Å². The Bertz CT molecular complexity index is 1450. The molecular formula is C25H20N2O4S. The summed E-state index contributed by atoms with van der Waals surface area (Å²) < 4.78 is 29.5. The lowest BCUT2D eigenvalue weighted by molar-refractivity contribution is -0.136. The second kappa shape index (κ2) is 8.33. The second-order valence-corrected chi connectivity index (χ2v) is 9.53. The zero-order valence-electron chi connectivity index (χ0n) is 17.3. The number of sulfone groups is 1. The van der Waals surface area contributed by atoms with Gasteiger partial charge in [0.25, 0.3) is 0 Å². The Balaban J connectivity index is 2.11. The maximum Gasteiger partial charge on any atom is 0.307 e. The van der Waals surface area contributed by atoms with Crippen molar-refractivity contribution in [2.75, 3.05) is 0 Å². The molecule has 0 aliphatic rings. The zero-order valence-corrected chi connectivity index (χ0v) is 18.1. The van der Waals surface area contributed by atoms with E-state index in [1.54, 1.807) is 84.3 Å². The third-order valence-electron chi connectivity index (χ3n) is 5.54. The lowest BCUT2D eigenvalue weighted by atomic mass is 10.0. The molecule has 32 heavy (non-hydrogen) atoms. The number of fused-ring (bicyclic) bond motifs is 1. The Morgan fingerprint density at radius 2 is 1.66 bits per heavy atom. The molecule has 6 nitrogen and oxygen atoms in total. The molecule has 0 aliphatic heterocycles. The van der Waals surface area contributed by atoms with Crippen LogP contribution in [0.1, 0.15) is 33.2 Å². The van der Waals surface area contributed by atoms with Gasteiger partial charge in [-0.2, -0.15) is 5.26 Å². The first-order chi connectivity index (χ1) is 15.3. The number of aromatic nitrogens is 1. The molecule has 0 spiro atoms. The van der Waals surface area contributed by atoms with Gasteiger partial charge in [0.1, 0.15) is 11.3 Å². The van der Waals surface area contributed by atoms with Crippen LogP contribution in [-0.4, -0.2) is 23.9 Å². The van der Waals surface area contributed by atoms with Gasteiger partial charge in [0.2, 0.25) is 0 Å². The fourth-order valence-corrected chi connectivity index (χ4v) is 6.00. The van der Waals surface area contributed by atoms with Crippen molar-refractivity contribution in [2.45, 2.75) is 23.5 Å². The summed E-state index contributed by atoms with van der Waals surface area (Å²) in [6.45, 7) is 1.74. The molecule has 1 N–H and O–H groups in total. The maximum atomic E-state index is 13.9. The molecule has 0 bridgehead atoms. The highest BCUT2D eigenvalue weighted by atomic mass is 32.2. The smallest absolute Gasteiger partial charge is 0.307 e. The Morgan fingerprint density at radius 1 is 1.03 bits per heavy atom. The van der Waals surface area contributed by atoms with E-state index in [4.69, 9.17) is 0 Å². The van der Waals surface area contributed by atoms with E-state index >= 15 is 0 Å². The number of hydrogen-bond donors (Lipinski definition) is 1. The molecule has 160 valence electrons. The summed E-state index contributed by atoms with van der Waals surface area (Å²) in [4.78, 5) is 11.7. The van der Waals surface area contributed by atoms with Crippen LogP contribution in [0.15, 0.2) is 83.9 Å². The van der Waals surface area contributed by atoms with Crippen molar-refractivity contribution in [1.29, 1.82) is 5.26 Å². The molecule has 4 aromatic rings. The van der Waals surface area contributed by atoms with Crippen molar-refractivity contribution in [3.8, 4) is 6.07 Å². The lowest BCUT2D eigenvalue weighted by Gasteiger charge is -2.20. The van der Waals surface area contributed by atoms with Crippen LogP contribution in [-0.2, 0) is 21.1 Å². The van der Waals surface area contributed by atoms with Crippen LogP contribution in [0.5, 0.6) is 0 Å². The number of carbonyl (C=O) groups is 1. The highest BCUT2D eigenvalue weighted by molar-refractivity contribution is 7.91. The minimum Gasteiger partial charge on any atom is -0.481 e. The van der Waals surface area contributed by atoms with Crippen LogP contribution in [0, 0.1) is 18.3 Å². The number of nitriles is 1. The van der Waals surface area contributed by atoms with Crippen molar-refractivity contribution in [3.05, 3.63) is 107 Å². The van der Waals surface area contributed by atoms with Crippen molar-refractivity contribution in [2.24, 2.45) is 0 Å². The van der Waals surface area contributed by atoms with Gasteiger partial charge in [-0.3, -0.25) is 4.79 Å². The number of aliphatic carboxylic acids is 1. The number of hydrogen-bond acceptors (Lipinski definition) is 4. The van der Waals surface area contributed by atoms with Crippen molar-refractivity contribution >= 4 is 21.3 Å². The summed E-state index contributed by atoms with van der Waals surface area (Å²) in [7, 11) is -3.91. The monoisotopic (exact) mass is 444 g/mol. The first-order valence-electron chi connectivity index (χ1n) is 9.94. The normalized spacial score (nSPS) is 12.4. The topological polar surface area (TPSA) is 99.6 Å². The Morgan fingerprint density at radius 3 is 2.25 bits per heavy atom. The van der Waals surface area contributed by atoms with Gasteiger partial charge in [-0.15, -0.1) is 0 Å². The largest absolute Gasteiger partial charge is 0.481 e. The molecule has 1 unspecified atom stereocenters. The second-order valence-electron chi connectivity index (χ2n) is 7.49. The van der Waals surface area contributed by atoms with E-state index in [1.165, 1.54) is 0 Å². The number of rotatable bonds is 6. The molecule has 0 saturated heterocycles. The molecule has 2 aromatic carbocycles. The van der Waals surface area contributed by atoms with Crippen LogP contribution in [0.2, 0.25) is 0 Å². The van der Waals surface area contributed by atoms with Crippen LogP contribution in [0.4, 0.5) is 0 Å². The fourth-order valence-electron chi connectivity index (χ4n) is 4.09. The number of carboxylic acids is 1. The van der Waals surface area contributed by atoms with E-state index in [-0.39, 0.29) is 11.3 Å². The average Bonchev–Trinajstić information content (AvgIpc) is 3.05. The summed E-state index contributed by atoms with van der Waals surface area (Å²) in [6, 6.07) is 22.4. The molecule has 0 amide bonds. The Hall–Kier alpha value is -3.89.